The fraction of sp³-hybridized carbons (Fsp3) is 0.333. The molecule has 2 heterocycles. The zero-order valence-electron chi connectivity index (χ0n) is 16.5. The Labute approximate surface area is 166 Å². The maximum Gasteiger partial charge on any atom is 0.161 e. The Morgan fingerprint density at radius 3 is 2.57 bits per heavy atom. The topological polar surface area (TPSA) is 39.4 Å². The molecule has 0 bridgehead atoms. The summed E-state index contributed by atoms with van der Waals surface area (Å²) in [4.78, 5) is 0. The van der Waals surface area contributed by atoms with E-state index < -0.39 is 0 Å². The van der Waals surface area contributed by atoms with Crippen LogP contribution in [0.25, 0.3) is 27.7 Å². The molecule has 4 rings (SSSR count). The maximum absolute atomic E-state index is 6.06. The van der Waals surface area contributed by atoms with Gasteiger partial charge in [0.1, 0.15) is 12.1 Å². The molecule has 0 fully saturated rings. The van der Waals surface area contributed by atoms with Crippen LogP contribution in [-0.2, 0) is 0 Å². The van der Waals surface area contributed by atoms with Crippen molar-refractivity contribution in [3.05, 3.63) is 60.9 Å². The number of rotatable bonds is 9. The third-order valence-corrected chi connectivity index (χ3v) is 5.22. The number of fused-ring (bicyclic) bond motifs is 3. The van der Waals surface area contributed by atoms with Crippen molar-refractivity contribution < 1.29 is 4.74 Å². The van der Waals surface area contributed by atoms with Crippen LogP contribution in [0.5, 0.6) is 5.75 Å². The van der Waals surface area contributed by atoms with Crippen molar-refractivity contribution in [3.8, 4) is 16.9 Å². The fourth-order valence-corrected chi connectivity index (χ4v) is 3.69. The number of pyridine rings is 1. The zero-order valence-corrected chi connectivity index (χ0v) is 16.5. The first kappa shape index (κ1) is 18.5. The van der Waals surface area contributed by atoms with Crippen molar-refractivity contribution in [2.24, 2.45) is 0 Å². The Balaban J connectivity index is 1.58. The molecule has 0 unspecified atom stereocenters. The van der Waals surface area contributed by atoms with Gasteiger partial charge in [-0.1, -0.05) is 69.4 Å². The Morgan fingerprint density at radius 1 is 0.893 bits per heavy atom. The molecule has 0 spiro atoms. The smallest absolute Gasteiger partial charge is 0.161 e. The van der Waals surface area contributed by atoms with E-state index in [9.17, 15) is 0 Å². The molecule has 144 valence electrons. The van der Waals surface area contributed by atoms with E-state index in [0.29, 0.717) is 0 Å². The number of ether oxygens (including phenoxy) is 1. The van der Waals surface area contributed by atoms with Crippen LogP contribution in [0.4, 0.5) is 0 Å². The molecule has 0 amide bonds. The molecule has 0 aliphatic rings. The van der Waals surface area contributed by atoms with Gasteiger partial charge in [0.15, 0.2) is 5.65 Å². The molecule has 4 aromatic rings. The van der Waals surface area contributed by atoms with E-state index >= 15 is 0 Å². The molecule has 0 radical (unpaired) electrons. The Morgan fingerprint density at radius 2 is 1.71 bits per heavy atom. The Hall–Kier alpha value is -2.88. The Bertz CT molecular complexity index is 1040. The van der Waals surface area contributed by atoms with Crippen molar-refractivity contribution in [2.75, 3.05) is 6.61 Å². The van der Waals surface area contributed by atoms with E-state index in [-0.39, 0.29) is 0 Å². The van der Waals surface area contributed by atoms with Crippen LogP contribution in [0.3, 0.4) is 0 Å². The average Bonchev–Trinajstić information content (AvgIpc) is 3.22. The quantitative estimate of drug-likeness (QED) is 0.324. The summed E-state index contributed by atoms with van der Waals surface area (Å²) in [5.41, 5.74) is 4.27. The molecule has 0 aliphatic carbocycles. The normalized spacial score (nSPS) is 11.3. The zero-order chi connectivity index (χ0) is 19.2. The van der Waals surface area contributed by atoms with E-state index in [4.69, 9.17) is 4.74 Å². The van der Waals surface area contributed by atoms with Gasteiger partial charge in [0, 0.05) is 5.39 Å². The number of hydrogen-bond acceptors (Lipinski definition) is 3. The summed E-state index contributed by atoms with van der Waals surface area (Å²) in [5, 5.41) is 9.48. The lowest BCUT2D eigenvalue weighted by molar-refractivity contribution is 0.305. The van der Waals surface area contributed by atoms with Crippen LogP contribution in [0.2, 0.25) is 0 Å². The van der Waals surface area contributed by atoms with Gasteiger partial charge in [0.25, 0.3) is 0 Å². The lowest BCUT2D eigenvalue weighted by Gasteiger charge is -2.12. The van der Waals surface area contributed by atoms with Gasteiger partial charge < -0.3 is 4.74 Å². The highest BCUT2D eigenvalue weighted by atomic mass is 16.5. The van der Waals surface area contributed by atoms with Gasteiger partial charge in [-0.2, -0.15) is 0 Å². The largest absolute Gasteiger partial charge is 0.494 e. The average molecular weight is 374 g/mol. The van der Waals surface area contributed by atoms with Crippen LogP contribution < -0.4 is 4.74 Å². The first-order valence-electron chi connectivity index (χ1n) is 10.3. The van der Waals surface area contributed by atoms with Crippen molar-refractivity contribution in [3.63, 3.8) is 0 Å². The summed E-state index contributed by atoms with van der Waals surface area (Å²) in [5.74, 6) is 0.922. The van der Waals surface area contributed by atoms with Crippen LogP contribution in [0.15, 0.2) is 60.9 Å². The van der Waals surface area contributed by atoms with Gasteiger partial charge in [-0.05, 0) is 41.8 Å². The molecule has 4 nitrogen and oxygen atoms in total. The second-order valence-electron chi connectivity index (χ2n) is 7.28. The van der Waals surface area contributed by atoms with E-state index in [1.165, 1.54) is 37.7 Å². The van der Waals surface area contributed by atoms with Gasteiger partial charge in [-0.15, -0.1) is 10.2 Å². The standard InChI is InChI=1S/C24H27N3O/c1-2-3-4-5-6-10-15-28-20-13-14-23-22(16-20)21(19-11-8-7-9-12-19)17-24-26-25-18-27(23)24/h7-9,11-14,16-18H,2-6,10,15H2,1H3. The van der Waals surface area contributed by atoms with Crippen LogP contribution >= 0.6 is 0 Å². The van der Waals surface area contributed by atoms with Crippen molar-refractivity contribution >= 4 is 16.6 Å². The predicted molar refractivity (Wildman–Crippen MR) is 115 cm³/mol. The number of benzene rings is 2. The first-order chi connectivity index (χ1) is 13.9. The fourth-order valence-electron chi connectivity index (χ4n) is 3.69. The number of hydrogen-bond donors (Lipinski definition) is 0. The molecule has 28 heavy (non-hydrogen) atoms. The minimum Gasteiger partial charge on any atom is -0.494 e. The molecule has 2 aromatic heterocycles. The van der Waals surface area contributed by atoms with E-state index in [0.717, 1.165) is 40.9 Å². The molecular formula is C24H27N3O. The second-order valence-corrected chi connectivity index (χ2v) is 7.28. The van der Waals surface area contributed by atoms with Crippen LogP contribution in [0.1, 0.15) is 45.4 Å². The lowest BCUT2D eigenvalue weighted by atomic mass is 10.0. The first-order valence-corrected chi connectivity index (χ1v) is 10.3. The molecule has 4 heteroatoms. The SMILES string of the molecule is CCCCCCCCOc1ccc2c(c1)c(-c1ccccc1)cc1nncn12. The van der Waals surface area contributed by atoms with E-state index in [1.807, 2.05) is 16.5 Å². The molecule has 0 saturated heterocycles. The molecule has 0 saturated carbocycles. The summed E-state index contributed by atoms with van der Waals surface area (Å²) >= 11 is 0. The third kappa shape index (κ3) is 4.01. The number of unbranched alkanes of at least 4 members (excludes halogenated alkanes) is 5. The maximum atomic E-state index is 6.06. The molecule has 0 aliphatic heterocycles. The van der Waals surface area contributed by atoms with Gasteiger partial charge in [-0.25, -0.2) is 0 Å². The van der Waals surface area contributed by atoms with Crippen molar-refractivity contribution in [1.29, 1.82) is 0 Å². The van der Waals surface area contributed by atoms with Gasteiger partial charge in [0.2, 0.25) is 0 Å². The van der Waals surface area contributed by atoms with Gasteiger partial charge in [-0.3, -0.25) is 4.40 Å². The van der Waals surface area contributed by atoms with E-state index in [2.05, 4.69) is 59.6 Å². The third-order valence-electron chi connectivity index (χ3n) is 5.22. The summed E-state index contributed by atoms with van der Waals surface area (Å²) in [6.45, 7) is 3.02. The highest BCUT2D eigenvalue weighted by Crippen LogP contribution is 2.32. The molecule has 0 N–H and O–H groups in total. The summed E-state index contributed by atoms with van der Waals surface area (Å²) < 4.78 is 8.09. The van der Waals surface area contributed by atoms with Crippen molar-refractivity contribution in [2.45, 2.75) is 45.4 Å². The van der Waals surface area contributed by atoms with E-state index in [1.54, 1.807) is 6.33 Å². The van der Waals surface area contributed by atoms with Crippen LogP contribution in [0, 0.1) is 0 Å². The highest BCUT2D eigenvalue weighted by Gasteiger charge is 2.11. The summed E-state index contributed by atoms with van der Waals surface area (Å²) in [6, 6.07) is 18.8. The van der Waals surface area contributed by atoms with Gasteiger partial charge >= 0.3 is 0 Å². The summed E-state index contributed by atoms with van der Waals surface area (Å²) in [6.07, 6.45) is 9.38. The minimum absolute atomic E-state index is 0.771. The van der Waals surface area contributed by atoms with Gasteiger partial charge in [0.05, 0.1) is 12.1 Å². The predicted octanol–water partition coefficient (Wildman–Crippen LogP) is 6.29. The summed E-state index contributed by atoms with van der Waals surface area (Å²) in [7, 11) is 0. The van der Waals surface area contributed by atoms with Crippen molar-refractivity contribution in [1.82, 2.24) is 14.6 Å². The second kappa shape index (κ2) is 8.87. The number of nitrogens with zero attached hydrogens (tertiary/aromatic N) is 3. The monoisotopic (exact) mass is 373 g/mol. The Kier molecular flexibility index (Phi) is 5.86. The minimum atomic E-state index is 0.771. The molecular weight excluding hydrogens is 346 g/mol. The molecule has 0 atom stereocenters. The molecule has 2 aromatic carbocycles. The number of aromatic nitrogens is 3. The lowest BCUT2D eigenvalue weighted by Crippen LogP contribution is -1.98. The highest BCUT2D eigenvalue weighted by molar-refractivity contribution is 5.97. The van der Waals surface area contributed by atoms with Crippen LogP contribution in [-0.4, -0.2) is 21.2 Å².